The van der Waals surface area contributed by atoms with Crippen molar-refractivity contribution in [3.63, 3.8) is 0 Å². The molecule has 0 aliphatic rings. The molecule has 0 atom stereocenters. The van der Waals surface area contributed by atoms with Gasteiger partial charge in [0.05, 0.1) is 5.52 Å². The zero-order valence-corrected chi connectivity index (χ0v) is 16.0. The zero-order valence-electron chi connectivity index (χ0n) is 16.0. The lowest BCUT2D eigenvalue weighted by molar-refractivity contribution is 0.644. The normalized spacial score (nSPS) is 12.0. The van der Waals surface area contributed by atoms with Gasteiger partial charge in [-0.15, -0.1) is 0 Å². The minimum Gasteiger partial charge on any atom is -0.388 e. The number of nitrogens with zero attached hydrogens (tertiary/aromatic N) is 1. The average Bonchev–Trinajstić information content (AvgIpc) is 2.90. The number of benzene rings is 2. The van der Waals surface area contributed by atoms with Gasteiger partial charge in [-0.25, -0.2) is 0 Å². The van der Waals surface area contributed by atoms with Crippen LogP contribution in [0.25, 0.3) is 17.0 Å². The lowest BCUT2D eigenvalue weighted by atomic mass is 9.77. The number of para-hydroxylation sites is 2. The first kappa shape index (κ1) is 17.9. The van der Waals surface area contributed by atoms with E-state index in [0.29, 0.717) is 0 Å². The van der Waals surface area contributed by atoms with Crippen molar-refractivity contribution >= 4 is 22.7 Å². The Bertz CT molecular complexity index is 990. The van der Waals surface area contributed by atoms with Crippen LogP contribution in [0.15, 0.2) is 66.8 Å². The lowest BCUT2D eigenvalue weighted by Crippen LogP contribution is -2.20. The molecule has 0 amide bonds. The zero-order chi connectivity index (χ0) is 18.9. The van der Waals surface area contributed by atoms with Crippen molar-refractivity contribution in [1.82, 2.24) is 4.68 Å². The van der Waals surface area contributed by atoms with E-state index in [1.807, 2.05) is 38.2 Å². The third kappa shape index (κ3) is 2.90. The van der Waals surface area contributed by atoms with Gasteiger partial charge < -0.3 is 11.2 Å². The van der Waals surface area contributed by atoms with Crippen LogP contribution in [0.2, 0.25) is 0 Å². The summed E-state index contributed by atoms with van der Waals surface area (Å²) in [6, 6.07) is 16.6. The van der Waals surface area contributed by atoms with Gasteiger partial charge in [0, 0.05) is 34.8 Å². The summed E-state index contributed by atoms with van der Waals surface area (Å²) in [5.74, 6) is 6.21. The number of anilines is 1. The molecule has 1 heterocycles. The quantitative estimate of drug-likeness (QED) is 0.490. The number of allylic oxidation sites excluding steroid dienone is 2. The van der Waals surface area contributed by atoms with Gasteiger partial charge in [-0.05, 0) is 30.2 Å². The summed E-state index contributed by atoms with van der Waals surface area (Å²) in [6.07, 6.45) is 4.24. The number of rotatable bonds is 5. The van der Waals surface area contributed by atoms with Gasteiger partial charge in [0.1, 0.15) is 0 Å². The fourth-order valence-electron chi connectivity index (χ4n) is 3.44. The highest BCUT2D eigenvalue weighted by molar-refractivity contribution is 5.91. The van der Waals surface area contributed by atoms with Crippen LogP contribution < -0.4 is 11.2 Å². The van der Waals surface area contributed by atoms with Crippen molar-refractivity contribution in [1.29, 1.82) is 0 Å². The van der Waals surface area contributed by atoms with Crippen LogP contribution in [-0.2, 0) is 5.41 Å². The molecular formula is C23H27N3. The second-order valence-electron chi connectivity index (χ2n) is 7.17. The molecule has 3 heteroatoms. The van der Waals surface area contributed by atoms with E-state index in [0.717, 1.165) is 33.4 Å². The van der Waals surface area contributed by atoms with Crippen molar-refractivity contribution in [3.05, 3.63) is 83.6 Å². The maximum atomic E-state index is 6.21. The molecule has 3 rings (SSSR count). The molecule has 3 aromatic rings. The molecule has 134 valence electrons. The second kappa shape index (κ2) is 6.75. The highest BCUT2D eigenvalue weighted by atomic mass is 15.3. The Kier molecular flexibility index (Phi) is 4.64. The summed E-state index contributed by atoms with van der Waals surface area (Å²) >= 11 is 0. The van der Waals surface area contributed by atoms with Crippen LogP contribution in [0.5, 0.6) is 0 Å². The van der Waals surface area contributed by atoms with Crippen LogP contribution >= 0.6 is 0 Å². The van der Waals surface area contributed by atoms with Gasteiger partial charge >= 0.3 is 0 Å². The molecule has 0 spiro atoms. The molecular weight excluding hydrogens is 318 g/mol. The molecule has 26 heavy (non-hydrogen) atoms. The third-order valence-corrected chi connectivity index (χ3v) is 5.33. The summed E-state index contributed by atoms with van der Waals surface area (Å²) in [5, 5.41) is 4.44. The van der Waals surface area contributed by atoms with E-state index >= 15 is 0 Å². The molecule has 3 N–H and O–H groups in total. The lowest BCUT2D eigenvalue weighted by Gasteiger charge is -2.28. The molecule has 0 aliphatic heterocycles. The van der Waals surface area contributed by atoms with E-state index in [1.165, 1.54) is 5.56 Å². The van der Waals surface area contributed by atoms with Crippen LogP contribution in [0.4, 0.5) is 5.69 Å². The molecule has 3 nitrogen and oxygen atoms in total. The fourth-order valence-corrected chi connectivity index (χ4v) is 3.44. The largest absolute Gasteiger partial charge is 0.388 e. The standard InChI is InChI=1S/C23H27N3/c1-16(23(3,4)20-11-7-8-12-21(20)25-5)14-15-18-17(2)26(24)22-13-9-6-10-19(18)22/h6-15,25H,1,24H2,2-5H3. The monoisotopic (exact) mass is 345 g/mol. The summed E-state index contributed by atoms with van der Waals surface area (Å²) < 4.78 is 1.75. The van der Waals surface area contributed by atoms with Gasteiger partial charge in [-0.1, -0.05) is 69.0 Å². The molecule has 2 aromatic carbocycles. The Morgan fingerprint density at radius 3 is 2.50 bits per heavy atom. The Morgan fingerprint density at radius 1 is 1.12 bits per heavy atom. The maximum absolute atomic E-state index is 6.21. The first-order chi connectivity index (χ1) is 12.4. The average molecular weight is 345 g/mol. The van der Waals surface area contributed by atoms with E-state index in [2.05, 4.69) is 62.2 Å². The van der Waals surface area contributed by atoms with Gasteiger partial charge in [0.2, 0.25) is 0 Å². The number of nitrogens with one attached hydrogen (secondary N) is 1. The second-order valence-corrected chi connectivity index (χ2v) is 7.17. The summed E-state index contributed by atoms with van der Waals surface area (Å²) in [6.45, 7) is 10.8. The molecule has 0 unspecified atom stereocenters. The molecule has 0 saturated heterocycles. The van der Waals surface area contributed by atoms with Gasteiger partial charge in [0.15, 0.2) is 0 Å². The van der Waals surface area contributed by atoms with Crippen molar-refractivity contribution < 1.29 is 0 Å². The minimum atomic E-state index is -0.189. The Balaban J connectivity index is 1.99. The smallest absolute Gasteiger partial charge is 0.0699 e. The van der Waals surface area contributed by atoms with E-state index < -0.39 is 0 Å². The Hall–Kier alpha value is -2.94. The Labute approximate surface area is 155 Å². The third-order valence-electron chi connectivity index (χ3n) is 5.33. The molecule has 0 aliphatic carbocycles. The van der Waals surface area contributed by atoms with Gasteiger partial charge in [-0.2, -0.15) is 0 Å². The maximum Gasteiger partial charge on any atom is 0.0699 e. The number of aromatic nitrogens is 1. The summed E-state index contributed by atoms with van der Waals surface area (Å²) in [5.41, 5.74) is 6.44. The van der Waals surface area contributed by atoms with Crippen molar-refractivity contribution in [3.8, 4) is 0 Å². The summed E-state index contributed by atoms with van der Waals surface area (Å²) in [4.78, 5) is 0. The van der Waals surface area contributed by atoms with E-state index in [1.54, 1.807) is 4.68 Å². The van der Waals surface area contributed by atoms with Crippen LogP contribution in [0, 0.1) is 6.92 Å². The van der Waals surface area contributed by atoms with E-state index in [4.69, 9.17) is 5.84 Å². The minimum absolute atomic E-state index is 0.189. The fraction of sp³-hybridized carbons (Fsp3) is 0.217. The van der Waals surface area contributed by atoms with E-state index in [-0.39, 0.29) is 5.41 Å². The molecule has 1 aromatic heterocycles. The van der Waals surface area contributed by atoms with Crippen LogP contribution in [0.3, 0.4) is 0 Å². The van der Waals surface area contributed by atoms with Gasteiger partial charge in [0.25, 0.3) is 0 Å². The SMILES string of the molecule is C=C(C=Cc1c(C)n(N)c2ccccc12)C(C)(C)c1ccccc1NC. The van der Waals surface area contributed by atoms with Crippen molar-refractivity contribution in [2.45, 2.75) is 26.2 Å². The van der Waals surface area contributed by atoms with Gasteiger partial charge in [-0.3, -0.25) is 4.68 Å². The van der Waals surface area contributed by atoms with Crippen molar-refractivity contribution in [2.24, 2.45) is 0 Å². The highest BCUT2D eigenvalue weighted by Crippen LogP contribution is 2.36. The van der Waals surface area contributed by atoms with Crippen LogP contribution in [-0.4, -0.2) is 11.7 Å². The first-order valence-electron chi connectivity index (χ1n) is 8.87. The highest BCUT2D eigenvalue weighted by Gasteiger charge is 2.25. The van der Waals surface area contributed by atoms with Crippen LogP contribution in [0.1, 0.15) is 30.7 Å². The molecule has 0 radical (unpaired) electrons. The number of fused-ring (bicyclic) bond motifs is 1. The Morgan fingerprint density at radius 2 is 1.77 bits per heavy atom. The first-order valence-corrected chi connectivity index (χ1v) is 8.87. The number of nitrogen functional groups attached to an aromatic ring is 1. The summed E-state index contributed by atoms with van der Waals surface area (Å²) in [7, 11) is 1.95. The number of hydrogen-bond acceptors (Lipinski definition) is 2. The molecule has 0 saturated carbocycles. The predicted molar refractivity (Wildman–Crippen MR) is 114 cm³/mol. The predicted octanol–water partition coefficient (Wildman–Crippen LogP) is 5.25. The number of hydrogen-bond donors (Lipinski definition) is 2. The topological polar surface area (TPSA) is 43.0 Å². The van der Waals surface area contributed by atoms with Crippen molar-refractivity contribution in [2.75, 3.05) is 18.2 Å². The van der Waals surface area contributed by atoms with E-state index in [9.17, 15) is 0 Å². The number of nitrogens with two attached hydrogens (primary N) is 1. The molecule has 0 fully saturated rings. The molecule has 0 bridgehead atoms.